The molecule has 0 aliphatic heterocycles. The molecule has 22 heavy (non-hydrogen) atoms. The van der Waals surface area contributed by atoms with E-state index in [-0.39, 0.29) is 0 Å². The van der Waals surface area contributed by atoms with Crippen molar-refractivity contribution < 1.29 is 15.0 Å². The maximum atomic E-state index is 10.5. The minimum atomic E-state index is -0.852. The van der Waals surface area contributed by atoms with Gasteiger partial charge in [-0.3, -0.25) is 0 Å². The summed E-state index contributed by atoms with van der Waals surface area (Å²) in [5.41, 5.74) is 0.350. The number of aliphatic carboxylic acids is 1. The van der Waals surface area contributed by atoms with E-state index >= 15 is 0 Å². The molecular formula is C19H38O3. The van der Waals surface area contributed by atoms with Gasteiger partial charge in [-0.2, -0.15) is 0 Å². The SMILES string of the molecule is C=C(CC(CC)CCCC)C(=O)O.CCCCC(CC)CO. The molecule has 0 bridgehead atoms. The van der Waals surface area contributed by atoms with Crippen molar-refractivity contribution in [1.82, 2.24) is 0 Å². The lowest BCUT2D eigenvalue weighted by Crippen LogP contribution is -2.06. The number of hydrogen-bond donors (Lipinski definition) is 2. The van der Waals surface area contributed by atoms with Crippen molar-refractivity contribution in [2.75, 3.05) is 6.61 Å². The molecule has 3 nitrogen and oxygen atoms in total. The summed E-state index contributed by atoms with van der Waals surface area (Å²) in [5, 5.41) is 17.4. The third-order valence-electron chi connectivity index (χ3n) is 4.18. The van der Waals surface area contributed by atoms with Crippen LogP contribution < -0.4 is 0 Å². The summed E-state index contributed by atoms with van der Waals surface area (Å²) in [6, 6.07) is 0. The lowest BCUT2D eigenvalue weighted by Gasteiger charge is -2.13. The number of carboxylic acids is 1. The van der Waals surface area contributed by atoms with Gasteiger partial charge in [-0.15, -0.1) is 0 Å². The van der Waals surface area contributed by atoms with Gasteiger partial charge in [0, 0.05) is 12.2 Å². The zero-order valence-corrected chi connectivity index (χ0v) is 15.2. The van der Waals surface area contributed by atoms with Crippen LogP contribution >= 0.6 is 0 Å². The van der Waals surface area contributed by atoms with E-state index in [0.717, 1.165) is 19.3 Å². The van der Waals surface area contributed by atoms with Crippen LogP contribution in [0.25, 0.3) is 0 Å². The van der Waals surface area contributed by atoms with Gasteiger partial charge in [0.15, 0.2) is 0 Å². The fourth-order valence-corrected chi connectivity index (χ4v) is 2.30. The van der Waals surface area contributed by atoms with Gasteiger partial charge >= 0.3 is 5.97 Å². The Morgan fingerprint density at radius 1 is 0.955 bits per heavy atom. The molecule has 0 aliphatic rings. The summed E-state index contributed by atoms with van der Waals surface area (Å²) >= 11 is 0. The first kappa shape index (κ1) is 23.4. The highest BCUT2D eigenvalue weighted by molar-refractivity contribution is 5.85. The lowest BCUT2D eigenvalue weighted by molar-refractivity contribution is -0.132. The average Bonchev–Trinajstić information content (AvgIpc) is 2.52. The van der Waals surface area contributed by atoms with Crippen molar-refractivity contribution in [3.8, 4) is 0 Å². The van der Waals surface area contributed by atoms with E-state index in [2.05, 4.69) is 34.3 Å². The molecule has 0 aromatic heterocycles. The monoisotopic (exact) mass is 314 g/mol. The fraction of sp³-hybridized carbons (Fsp3) is 0.842. The number of rotatable bonds is 12. The van der Waals surface area contributed by atoms with Crippen molar-refractivity contribution >= 4 is 5.97 Å². The molecule has 0 rings (SSSR count). The molecule has 0 aromatic carbocycles. The van der Waals surface area contributed by atoms with E-state index in [1.165, 1.54) is 32.1 Å². The van der Waals surface area contributed by atoms with Crippen molar-refractivity contribution in [3.05, 3.63) is 12.2 Å². The van der Waals surface area contributed by atoms with Crippen LogP contribution in [0.4, 0.5) is 0 Å². The van der Waals surface area contributed by atoms with E-state index in [1.807, 2.05) is 0 Å². The van der Waals surface area contributed by atoms with Gasteiger partial charge in [0.1, 0.15) is 0 Å². The zero-order valence-electron chi connectivity index (χ0n) is 15.2. The van der Waals surface area contributed by atoms with Crippen LogP contribution in [-0.2, 0) is 4.79 Å². The van der Waals surface area contributed by atoms with Crippen molar-refractivity contribution in [3.63, 3.8) is 0 Å². The summed E-state index contributed by atoms with van der Waals surface area (Å²) in [5.74, 6) is 0.212. The Morgan fingerprint density at radius 3 is 1.73 bits per heavy atom. The zero-order chi connectivity index (χ0) is 17.4. The molecule has 0 saturated heterocycles. The number of aliphatic hydroxyl groups excluding tert-OH is 1. The van der Waals surface area contributed by atoms with Crippen LogP contribution in [0.5, 0.6) is 0 Å². The van der Waals surface area contributed by atoms with Gasteiger partial charge in [0.05, 0.1) is 0 Å². The molecule has 2 atom stereocenters. The predicted molar refractivity (Wildman–Crippen MR) is 95.1 cm³/mol. The molecule has 0 amide bonds. The van der Waals surface area contributed by atoms with Gasteiger partial charge in [-0.05, 0) is 24.7 Å². The van der Waals surface area contributed by atoms with Crippen LogP contribution in [0, 0.1) is 11.8 Å². The third-order valence-corrected chi connectivity index (χ3v) is 4.18. The second-order valence-corrected chi connectivity index (χ2v) is 6.13. The molecule has 3 heteroatoms. The normalized spacial score (nSPS) is 13.0. The fourth-order valence-electron chi connectivity index (χ4n) is 2.30. The number of carbonyl (C=O) groups is 1. The molecular weight excluding hydrogens is 276 g/mol. The van der Waals surface area contributed by atoms with Gasteiger partial charge in [-0.1, -0.05) is 79.2 Å². The average molecular weight is 315 g/mol. The molecule has 0 heterocycles. The Morgan fingerprint density at radius 2 is 1.41 bits per heavy atom. The Hall–Kier alpha value is -0.830. The molecule has 0 spiro atoms. The number of hydrogen-bond acceptors (Lipinski definition) is 2. The first-order valence-corrected chi connectivity index (χ1v) is 8.98. The lowest BCUT2D eigenvalue weighted by atomic mass is 9.92. The summed E-state index contributed by atoms with van der Waals surface area (Å²) in [4.78, 5) is 10.5. The quantitative estimate of drug-likeness (QED) is 0.472. The Bertz CT molecular complexity index is 270. The summed E-state index contributed by atoms with van der Waals surface area (Å²) in [6.07, 6.45) is 10.0. The minimum absolute atomic E-state index is 0.350. The molecule has 0 aliphatic carbocycles. The van der Waals surface area contributed by atoms with Crippen LogP contribution in [0.1, 0.15) is 85.5 Å². The van der Waals surface area contributed by atoms with E-state index < -0.39 is 5.97 Å². The largest absolute Gasteiger partial charge is 0.478 e. The van der Waals surface area contributed by atoms with Crippen LogP contribution in [-0.4, -0.2) is 22.8 Å². The Balaban J connectivity index is 0. The van der Waals surface area contributed by atoms with Gasteiger partial charge < -0.3 is 10.2 Å². The molecule has 2 N–H and O–H groups in total. The van der Waals surface area contributed by atoms with Crippen molar-refractivity contribution in [2.45, 2.75) is 85.5 Å². The second-order valence-electron chi connectivity index (χ2n) is 6.13. The highest BCUT2D eigenvalue weighted by Gasteiger charge is 2.11. The maximum absolute atomic E-state index is 10.5. The first-order valence-electron chi connectivity index (χ1n) is 8.98. The number of unbranched alkanes of at least 4 members (excludes halogenated alkanes) is 2. The smallest absolute Gasteiger partial charge is 0.330 e. The second kappa shape index (κ2) is 16.5. The van der Waals surface area contributed by atoms with Crippen molar-refractivity contribution in [1.29, 1.82) is 0 Å². The highest BCUT2D eigenvalue weighted by atomic mass is 16.4. The molecule has 0 saturated carbocycles. The topological polar surface area (TPSA) is 57.5 Å². The number of carboxylic acid groups (broad SMARTS) is 1. The van der Waals surface area contributed by atoms with Gasteiger partial charge in [-0.25, -0.2) is 4.79 Å². The van der Waals surface area contributed by atoms with Crippen LogP contribution in [0.2, 0.25) is 0 Å². The van der Waals surface area contributed by atoms with Crippen molar-refractivity contribution in [2.24, 2.45) is 11.8 Å². The standard InChI is InChI=1S/C11H20O2.C8H18O/c1-4-6-7-10(5-2)8-9(3)11(12)13;1-3-5-6-8(4-2)7-9/h10H,3-8H2,1-2H3,(H,12,13);8-9H,3-7H2,1-2H3. The molecule has 132 valence electrons. The van der Waals surface area contributed by atoms with Crippen LogP contribution in [0.3, 0.4) is 0 Å². The maximum Gasteiger partial charge on any atom is 0.330 e. The Labute approximate surface area is 137 Å². The van der Waals surface area contributed by atoms with E-state index in [0.29, 0.717) is 30.4 Å². The Kier molecular flexibility index (Phi) is 17.6. The third kappa shape index (κ3) is 14.1. The molecule has 0 fully saturated rings. The molecule has 0 radical (unpaired) electrons. The van der Waals surface area contributed by atoms with E-state index in [9.17, 15) is 4.79 Å². The summed E-state index contributed by atoms with van der Waals surface area (Å²) in [6.45, 7) is 12.5. The highest BCUT2D eigenvalue weighted by Crippen LogP contribution is 2.20. The first-order chi connectivity index (χ1) is 10.5. The molecule has 0 aromatic rings. The molecule has 2 unspecified atom stereocenters. The van der Waals surface area contributed by atoms with E-state index in [1.54, 1.807) is 0 Å². The van der Waals surface area contributed by atoms with E-state index in [4.69, 9.17) is 10.2 Å². The number of aliphatic hydroxyl groups is 1. The predicted octanol–water partition coefficient (Wildman–Crippen LogP) is 5.43. The van der Waals surface area contributed by atoms with Gasteiger partial charge in [0.25, 0.3) is 0 Å². The summed E-state index contributed by atoms with van der Waals surface area (Å²) in [7, 11) is 0. The minimum Gasteiger partial charge on any atom is -0.478 e. The van der Waals surface area contributed by atoms with Crippen LogP contribution in [0.15, 0.2) is 12.2 Å². The van der Waals surface area contributed by atoms with Gasteiger partial charge in [0.2, 0.25) is 0 Å². The summed E-state index contributed by atoms with van der Waals surface area (Å²) < 4.78 is 0.